The summed E-state index contributed by atoms with van der Waals surface area (Å²) in [5, 5.41) is 21.0. The summed E-state index contributed by atoms with van der Waals surface area (Å²) in [5.74, 6) is 0.901. The summed E-state index contributed by atoms with van der Waals surface area (Å²) in [6.07, 6.45) is 3.34. The predicted octanol–water partition coefficient (Wildman–Crippen LogP) is 1.60. The van der Waals surface area contributed by atoms with E-state index in [2.05, 4.69) is 4.98 Å². The van der Waals surface area contributed by atoms with E-state index in [1.54, 1.807) is 0 Å². The lowest BCUT2D eigenvalue weighted by Crippen LogP contribution is -2.63. The maximum atomic E-state index is 10.6. The number of aromatic nitrogens is 1. The number of rotatable bonds is 3. The molecule has 6 nitrogen and oxygen atoms in total. The smallest absolute Gasteiger partial charge is 0.289 e. The highest BCUT2D eigenvalue weighted by Crippen LogP contribution is 2.46. The average Bonchev–Trinajstić information content (AvgIpc) is 3.09. The van der Waals surface area contributed by atoms with Gasteiger partial charge in [-0.05, 0) is 18.8 Å². The summed E-state index contributed by atoms with van der Waals surface area (Å²) in [6.45, 7) is 1.00. The Morgan fingerprint density at radius 2 is 2.22 bits per heavy atom. The van der Waals surface area contributed by atoms with Gasteiger partial charge in [0.05, 0.1) is 23.0 Å². The van der Waals surface area contributed by atoms with Crippen molar-refractivity contribution in [1.29, 1.82) is 0 Å². The third kappa shape index (κ3) is 1.81. The van der Waals surface area contributed by atoms with E-state index in [9.17, 15) is 15.2 Å². The molecule has 1 aromatic heterocycles. The van der Waals surface area contributed by atoms with Crippen LogP contribution in [-0.4, -0.2) is 33.7 Å². The molecular weight excluding hydrogens is 258 g/mol. The maximum absolute atomic E-state index is 10.6. The number of hydrogen-bond acceptors (Lipinski definition) is 5. The predicted molar refractivity (Wildman–Crippen MR) is 65.8 cm³/mol. The fraction of sp³-hybridized carbons (Fsp3) is 0.545. The minimum Gasteiger partial charge on any atom is -0.386 e. The standard InChI is InChI=1S/C11H12ClN3O3/c12-9-3-8(15(17)18)4-13-10(9)14-5-11(16,6-14)7-1-2-7/h3-4,7,16H,1-2,5-6H2. The summed E-state index contributed by atoms with van der Waals surface area (Å²) >= 11 is 5.98. The van der Waals surface area contributed by atoms with Gasteiger partial charge in [0.1, 0.15) is 17.6 Å². The van der Waals surface area contributed by atoms with E-state index in [0.29, 0.717) is 24.8 Å². The van der Waals surface area contributed by atoms with Crippen molar-refractivity contribution in [2.24, 2.45) is 5.92 Å². The monoisotopic (exact) mass is 269 g/mol. The van der Waals surface area contributed by atoms with Crippen molar-refractivity contribution in [2.45, 2.75) is 18.4 Å². The van der Waals surface area contributed by atoms with Crippen LogP contribution in [-0.2, 0) is 0 Å². The Bertz CT molecular complexity index is 512. The van der Waals surface area contributed by atoms with Crippen LogP contribution >= 0.6 is 11.6 Å². The number of nitro groups is 1. The molecule has 1 aliphatic heterocycles. The lowest BCUT2D eigenvalue weighted by Gasteiger charge is -2.47. The van der Waals surface area contributed by atoms with E-state index in [1.165, 1.54) is 12.3 Å². The number of β-amino-alcohol motifs (C(OH)–C–C–N with tert-alkyl or cyclic N) is 1. The van der Waals surface area contributed by atoms with Crippen molar-refractivity contribution in [3.05, 3.63) is 27.4 Å². The Hall–Kier alpha value is -1.40. The maximum Gasteiger partial charge on any atom is 0.289 e. The summed E-state index contributed by atoms with van der Waals surface area (Å²) in [5.41, 5.74) is -0.742. The number of aliphatic hydroxyl groups is 1. The van der Waals surface area contributed by atoms with E-state index in [0.717, 1.165) is 12.8 Å². The van der Waals surface area contributed by atoms with Gasteiger partial charge in [0.2, 0.25) is 0 Å². The van der Waals surface area contributed by atoms with Crippen LogP contribution in [0.5, 0.6) is 0 Å². The normalized spacial score (nSPS) is 21.6. The van der Waals surface area contributed by atoms with E-state index < -0.39 is 10.5 Å². The number of halogens is 1. The van der Waals surface area contributed by atoms with Gasteiger partial charge in [-0.1, -0.05) is 11.6 Å². The first-order valence-electron chi connectivity index (χ1n) is 5.77. The highest BCUT2D eigenvalue weighted by molar-refractivity contribution is 6.33. The Labute approximate surface area is 108 Å². The van der Waals surface area contributed by atoms with Gasteiger partial charge >= 0.3 is 0 Å². The molecule has 0 atom stereocenters. The van der Waals surface area contributed by atoms with E-state index in [4.69, 9.17) is 11.6 Å². The minimum atomic E-state index is -0.618. The molecule has 2 heterocycles. The Balaban J connectivity index is 1.76. The van der Waals surface area contributed by atoms with Crippen LogP contribution in [0.15, 0.2) is 12.3 Å². The van der Waals surface area contributed by atoms with Crippen molar-refractivity contribution in [3.63, 3.8) is 0 Å². The number of hydrogen-bond donors (Lipinski definition) is 1. The van der Waals surface area contributed by atoms with Crippen molar-refractivity contribution < 1.29 is 10.0 Å². The summed E-state index contributed by atoms with van der Waals surface area (Å²) in [7, 11) is 0. The van der Waals surface area contributed by atoms with Crippen LogP contribution in [0.1, 0.15) is 12.8 Å². The SMILES string of the molecule is O=[N+]([O-])c1cnc(N2CC(O)(C3CC3)C2)c(Cl)c1. The molecule has 0 bridgehead atoms. The topological polar surface area (TPSA) is 79.5 Å². The molecule has 1 aliphatic carbocycles. The van der Waals surface area contributed by atoms with Gasteiger partial charge in [-0.25, -0.2) is 4.98 Å². The second-order valence-electron chi connectivity index (χ2n) is 4.99. The van der Waals surface area contributed by atoms with Gasteiger partial charge in [0.15, 0.2) is 0 Å². The zero-order valence-electron chi connectivity index (χ0n) is 9.54. The number of anilines is 1. The van der Waals surface area contributed by atoms with Gasteiger partial charge < -0.3 is 10.0 Å². The van der Waals surface area contributed by atoms with Crippen LogP contribution in [0, 0.1) is 16.0 Å². The molecule has 1 saturated heterocycles. The van der Waals surface area contributed by atoms with Crippen molar-refractivity contribution in [1.82, 2.24) is 4.98 Å². The first-order chi connectivity index (χ1) is 8.49. The highest BCUT2D eigenvalue weighted by Gasteiger charge is 2.52. The second kappa shape index (κ2) is 3.80. The summed E-state index contributed by atoms with van der Waals surface area (Å²) in [4.78, 5) is 15.9. The van der Waals surface area contributed by atoms with Gasteiger partial charge in [-0.2, -0.15) is 0 Å². The Morgan fingerprint density at radius 1 is 1.56 bits per heavy atom. The van der Waals surface area contributed by atoms with Crippen LogP contribution in [0.25, 0.3) is 0 Å². The van der Waals surface area contributed by atoms with Crippen LogP contribution < -0.4 is 4.90 Å². The minimum absolute atomic E-state index is 0.123. The van der Waals surface area contributed by atoms with Gasteiger partial charge in [0.25, 0.3) is 5.69 Å². The molecule has 1 aromatic rings. The molecule has 0 aromatic carbocycles. The van der Waals surface area contributed by atoms with Crippen molar-refractivity contribution >= 4 is 23.1 Å². The molecule has 1 saturated carbocycles. The summed E-state index contributed by atoms with van der Waals surface area (Å²) < 4.78 is 0. The van der Waals surface area contributed by atoms with Gasteiger partial charge in [-0.3, -0.25) is 10.1 Å². The van der Waals surface area contributed by atoms with Gasteiger partial charge in [-0.15, -0.1) is 0 Å². The van der Waals surface area contributed by atoms with Crippen LogP contribution in [0.4, 0.5) is 11.5 Å². The van der Waals surface area contributed by atoms with Crippen molar-refractivity contribution in [3.8, 4) is 0 Å². The van der Waals surface area contributed by atoms with Crippen LogP contribution in [0.3, 0.4) is 0 Å². The third-order valence-corrected chi connectivity index (χ3v) is 3.86. The molecule has 0 amide bonds. The molecule has 0 unspecified atom stereocenters. The number of pyridine rings is 1. The lowest BCUT2D eigenvalue weighted by molar-refractivity contribution is -0.385. The fourth-order valence-corrected chi connectivity index (χ4v) is 2.68. The molecule has 1 N–H and O–H groups in total. The zero-order chi connectivity index (χ0) is 12.9. The fourth-order valence-electron chi connectivity index (χ4n) is 2.40. The Kier molecular flexibility index (Phi) is 2.46. The highest BCUT2D eigenvalue weighted by atomic mass is 35.5. The zero-order valence-corrected chi connectivity index (χ0v) is 10.3. The quantitative estimate of drug-likeness (QED) is 0.666. The molecule has 18 heavy (non-hydrogen) atoms. The molecule has 2 fully saturated rings. The van der Waals surface area contributed by atoms with Gasteiger partial charge in [0, 0.05) is 6.07 Å². The van der Waals surface area contributed by atoms with E-state index in [1.807, 2.05) is 4.90 Å². The molecule has 2 aliphatic rings. The first-order valence-corrected chi connectivity index (χ1v) is 6.15. The Morgan fingerprint density at radius 3 is 2.72 bits per heavy atom. The third-order valence-electron chi connectivity index (χ3n) is 3.58. The lowest BCUT2D eigenvalue weighted by atomic mass is 9.89. The van der Waals surface area contributed by atoms with E-state index >= 15 is 0 Å². The molecular formula is C11H12ClN3O3. The summed E-state index contributed by atoms with van der Waals surface area (Å²) in [6, 6.07) is 1.29. The number of nitrogens with zero attached hydrogens (tertiary/aromatic N) is 3. The largest absolute Gasteiger partial charge is 0.386 e. The molecule has 96 valence electrons. The molecule has 3 rings (SSSR count). The first kappa shape index (κ1) is 11.7. The molecule has 7 heteroatoms. The average molecular weight is 270 g/mol. The second-order valence-corrected chi connectivity index (χ2v) is 5.40. The van der Waals surface area contributed by atoms with Crippen LogP contribution in [0.2, 0.25) is 5.02 Å². The van der Waals surface area contributed by atoms with E-state index in [-0.39, 0.29) is 10.7 Å². The molecule has 0 radical (unpaired) electrons. The molecule has 0 spiro atoms. The van der Waals surface area contributed by atoms with Crippen molar-refractivity contribution in [2.75, 3.05) is 18.0 Å².